The van der Waals surface area contributed by atoms with Gasteiger partial charge in [-0.25, -0.2) is 14.4 Å². The molecule has 35 heavy (non-hydrogen) atoms. The zero-order chi connectivity index (χ0) is 24.9. The van der Waals surface area contributed by atoms with Crippen molar-refractivity contribution in [1.82, 2.24) is 20.2 Å². The number of nitrogens with two attached hydrogens (primary N) is 1. The summed E-state index contributed by atoms with van der Waals surface area (Å²) in [7, 11) is 0. The molecule has 4 rings (SSSR count). The Bertz CT molecular complexity index is 1210. The SMILES string of the molecule is CC(=O)N1CCC(c2cnc(N)c(-c3ccc(C(=O)NC(CO)c4ccccc4)c(F)c3)n2)CC1. The van der Waals surface area contributed by atoms with Crippen LogP contribution in [-0.2, 0) is 4.79 Å². The Kier molecular flexibility index (Phi) is 7.36. The van der Waals surface area contributed by atoms with Gasteiger partial charge in [0.25, 0.3) is 5.91 Å². The molecule has 1 atom stereocenters. The van der Waals surface area contributed by atoms with Gasteiger partial charge in [0.1, 0.15) is 17.3 Å². The van der Waals surface area contributed by atoms with Crippen LogP contribution in [0.3, 0.4) is 0 Å². The highest BCUT2D eigenvalue weighted by molar-refractivity contribution is 5.95. The number of hydrogen-bond acceptors (Lipinski definition) is 6. The van der Waals surface area contributed by atoms with Gasteiger partial charge in [-0.3, -0.25) is 9.59 Å². The summed E-state index contributed by atoms with van der Waals surface area (Å²) in [4.78, 5) is 35.0. The van der Waals surface area contributed by atoms with E-state index in [0.29, 0.717) is 24.3 Å². The number of hydrogen-bond donors (Lipinski definition) is 3. The lowest BCUT2D eigenvalue weighted by Crippen LogP contribution is -2.36. The molecule has 2 amide bonds. The molecule has 0 saturated carbocycles. The van der Waals surface area contributed by atoms with E-state index < -0.39 is 17.8 Å². The number of aromatic nitrogens is 2. The molecule has 2 heterocycles. The second-order valence-corrected chi connectivity index (χ2v) is 8.62. The predicted molar refractivity (Wildman–Crippen MR) is 130 cm³/mol. The van der Waals surface area contributed by atoms with Crippen molar-refractivity contribution < 1.29 is 19.1 Å². The van der Waals surface area contributed by atoms with E-state index in [1.54, 1.807) is 48.4 Å². The number of nitrogens with one attached hydrogen (secondary N) is 1. The summed E-state index contributed by atoms with van der Waals surface area (Å²) in [6.07, 6.45) is 3.15. The lowest BCUT2D eigenvalue weighted by Gasteiger charge is -2.31. The standard InChI is InChI=1S/C26H28FN5O3/c1-16(34)32-11-9-18(10-12-32)22-14-29-25(28)24(30-22)19-7-8-20(21(27)13-19)26(35)31-23(15-33)17-5-3-2-4-6-17/h2-8,13-14,18,23,33H,9-12,15H2,1H3,(H2,28,29)(H,31,35). The number of aliphatic hydroxyl groups excluding tert-OH is 1. The minimum atomic E-state index is -0.730. The molecule has 8 nitrogen and oxygen atoms in total. The molecule has 0 radical (unpaired) electrons. The van der Waals surface area contributed by atoms with Gasteiger partial charge < -0.3 is 21.1 Å². The van der Waals surface area contributed by atoms with Crippen molar-refractivity contribution in [2.24, 2.45) is 0 Å². The highest BCUT2D eigenvalue weighted by Crippen LogP contribution is 2.30. The number of rotatable bonds is 6. The number of likely N-dealkylation sites (tertiary alicyclic amines) is 1. The van der Waals surface area contributed by atoms with E-state index in [4.69, 9.17) is 5.73 Å². The molecule has 0 bridgehead atoms. The van der Waals surface area contributed by atoms with Gasteiger partial charge in [0, 0.05) is 31.5 Å². The van der Waals surface area contributed by atoms with Crippen molar-refractivity contribution in [3.63, 3.8) is 0 Å². The molecular weight excluding hydrogens is 449 g/mol. The number of piperidine rings is 1. The van der Waals surface area contributed by atoms with Crippen LogP contribution in [0.5, 0.6) is 0 Å². The van der Waals surface area contributed by atoms with Gasteiger partial charge in [-0.1, -0.05) is 36.4 Å². The summed E-state index contributed by atoms with van der Waals surface area (Å²) in [6, 6.07) is 12.5. The number of nitrogens with zero attached hydrogens (tertiary/aromatic N) is 3. The van der Waals surface area contributed by atoms with E-state index >= 15 is 0 Å². The summed E-state index contributed by atoms with van der Waals surface area (Å²) in [5, 5.41) is 12.4. The van der Waals surface area contributed by atoms with Crippen LogP contribution in [-0.4, -0.2) is 51.5 Å². The number of amides is 2. The van der Waals surface area contributed by atoms with Gasteiger partial charge in [0.2, 0.25) is 5.91 Å². The fraction of sp³-hybridized carbons (Fsp3) is 0.308. The van der Waals surface area contributed by atoms with E-state index in [2.05, 4.69) is 15.3 Å². The summed E-state index contributed by atoms with van der Waals surface area (Å²) in [5.74, 6) is -1.02. The third-order valence-electron chi connectivity index (χ3n) is 6.35. The Labute approximate surface area is 203 Å². The summed E-state index contributed by atoms with van der Waals surface area (Å²) in [5.41, 5.74) is 8.12. The Hall–Kier alpha value is -3.85. The van der Waals surface area contributed by atoms with Gasteiger partial charge in [-0.05, 0) is 30.5 Å². The van der Waals surface area contributed by atoms with Gasteiger partial charge in [0.05, 0.1) is 30.1 Å². The molecule has 3 aromatic rings. The molecule has 1 saturated heterocycles. The third kappa shape index (κ3) is 5.46. The maximum atomic E-state index is 15.0. The van der Waals surface area contributed by atoms with Crippen molar-refractivity contribution in [3.05, 3.63) is 77.4 Å². The van der Waals surface area contributed by atoms with Gasteiger partial charge >= 0.3 is 0 Å². The van der Waals surface area contributed by atoms with Crippen molar-refractivity contribution in [2.45, 2.75) is 31.7 Å². The van der Waals surface area contributed by atoms with Gasteiger partial charge in [-0.15, -0.1) is 0 Å². The molecule has 1 aromatic heterocycles. The summed E-state index contributed by atoms with van der Waals surface area (Å²) >= 11 is 0. The van der Waals surface area contributed by atoms with Crippen LogP contribution < -0.4 is 11.1 Å². The van der Waals surface area contributed by atoms with Crippen molar-refractivity contribution in [3.8, 4) is 11.3 Å². The van der Waals surface area contributed by atoms with E-state index in [9.17, 15) is 19.1 Å². The third-order valence-corrected chi connectivity index (χ3v) is 6.35. The zero-order valence-corrected chi connectivity index (χ0v) is 19.4. The van der Waals surface area contributed by atoms with E-state index in [0.717, 1.165) is 24.1 Å². The van der Waals surface area contributed by atoms with E-state index in [1.165, 1.54) is 12.1 Å². The molecule has 9 heteroatoms. The highest BCUT2D eigenvalue weighted by Gasteiger charge is 2.24. The number of halogens is 1. The van der Waals surface area contributed by atoms with Crippen molar-refractivity contribution >= 4 is 17.6 Å². The molecular formula is C26H28FN5O3. The normalized spacial score (nSPS) is 15.0. The van der Waals surface area contributed by atoms with Crippen LogP contribution in [0.2, 0.25) is 0 Å². The predicted octanol–water partition coefficient (Wildman–Crippen LogP) is 3.05. The molecule has 4 N–H and O–H groups in total. The molecule has 1 aliphatic heterocycles. The van der Waals surface area contributed by atoms with Crippen LogP contribution >= 0.6 is 0 Å². The van der Waals surface area contributed by atoms with E-state index in [-0.39, 0.29) is 29.8 Å². The molecule has 1 unspecified atom stereocenters. The second kappa shape index (κ2) is 10.6. The first-order valence-electron chi connectivity index (χ1n) is 11.5. The smallest absolute Gasteiger partial charge is 0.254 e. The monoisotopic (exact) mass is 477 g/mol. The van der Waals surface area contributed by atoms with Crippen LogP contribution in [0, 0.1) is 5.82 Å². The molecule has 0 aliphatic carbocycles. The van der Waals surface area contributed by atoms with Crippen molar-refractivity contribution in [1.29, 1.82) is 0 Å². The van der Waals surface area contributed by atoms with Gasteiger partial charge in [0.15, 0.2) is 0 Å². The largest absolute Gasteiger partial charge is 0.394 e. The first-order chi connectivity index (χ1) is 16.9. The van der Waals surface area contributed by atoms with E-state index in [1.807, 2.05) is 6.07 Å². The molecule has 1 aliphatic rings. The maximum absolute atomic E-state index is 15.0. The molecule has 0 spiro atoms. The lowest BCUT2D eigenvalue weighted by molar-refractivity contribution is -0.129. The quantitative estimate of drug-likeness (QED) is 0.502. The lowest BCUT2D eigenvalue weighted by atomic mass is 9.93. The fourth-order valence-electron chi connectivity index (χ4n) is 4.31. The average Bonchev–Trinajstić information content (AvgIpc) is 2.88. The number of anilines is 1. The highest BCUT2D eigenvalue weighted by atomic mass is 19.1. The number of benzene rings is 2. The molecule has 182 valence electrons. The fourth-order valence-corrected chi connectivity index (χ4v) is 4.31. The number of carbonyl (C=O) groups is 2. The topological polar surface area (TPSA) is 121 Å². The van der Waals surface area contributed by atoms with Crippen LogP contribution in [0.15, 0.2) is 54.7 Å². The first-order valence-corrected chi connectivity index (χ1v) is 11.5. The number of carbonyl (C=O) groups excluding carboxylic acids is 2. The molecule has 1 fully saturated rings. The Morgan fingerprint density at radius 3 is 2.54 bits per heavy atom. The number of aliphatic hydroxyl groups is 1. The number of nitrogen functional groups attached to an aromatic ring is 1. The average molecular weight is 478 g/mol. The first kappa shape index (κ1) is 24.3. The van der Waals surface area contributed by atoms with Crippen LogP contribution in [0.4, 0.5) is 10.2 Å². The Morgan fingerprint density at radius 1 is 1.20 bits per heavy atom. The van der Waals surface area contributed by atoms with Crippen LogP contribution in [0.25, 0.3) is 11.3 Å². The summed E-state index contributed by atoms with van der Waals surface area (Å²) in [6.45, 7) is 2.54. The van der Waals surface area contributed by atoms with Gasteiger partial charge in [-0.2, -0.15) is 0 Å². The van der Waals surface area contributed by atoms with Crippen molar-refractivity contribution in [2.75, 3.05) is 25.4 Å². The summed E-state index contributed by atoms with van der Waals surface area (Å²) < 4.78 is 15.0. The minimum absolute atomic E-state index is 0.0567. The Morgan fingerprint density at radius 2 is 1.91 bits per heavy atom. The Balaban J connectivity index is 1.52. The zero-order valence-electron chi connectivity index (χ0n) is 19.4. The second-order valence-electron chi connectivity index (χ2n) is 8.62. The minimum Gasteiger partial charge on any atom is -0.394 e. The molecule has 2 aromatic carbocycles. The van der Waals surface area contributed by atoms with Crippen LogP contribution in [0.1, 0.15) is 53.3 Å². The maximum Gasteiger partial charge on any atom is 0.254 e.